The normalized spacial score (nSPS) is 40.2. The first-order valence-electron chi connectivity index (χ1n) is 4.87. The second kappa shape index (κ2) is 3.61. The summed E-state index contributed by atoms with van der Waals surface area (Å²) >= 11 is 0. The van der Waals surface area contributed by atoms with E-state index in [-0.39, 0.29) is 24.2 Å². The Bertz CT molecular complexity index is 251. The number of hydrogen-bond donors (Lipinski definition) is 0. The zero-order valence-corrected chi connectivity index (χ0v) is 8.14. The van der Waals surface area contributed by atoms with E-state index in [0.29, 0.717) is 6.61 Å². The standard InChI is InChI=1S/C10H14O4/c1-3-6-5-7(12-4-2)9-8(6)13-10(11)14-9/h3,6-9H,1,4-5H2,2H3/t6-,7+,8+,9-/m1/s1. The van der Waals surface area contributed by atoms with Gasteiger partial charge in [0.05, 0.1) is 6.10 Å². The lowest BCUT2D eigenvalue weighted by molar-refractivity contribution is -0.0101. The van der Waals surface area contributed by atoms with Crippen LogP contribution in [0.25, 0.3) is 0 Å². The third-order valence-corrected chi connectivity index (χ3v) is 2.76. The summed E-state index contributed by atoms with van der Waals surface area (Å²) in [7, 11) is 0. The summed E-state index contributed by atoms with van der Waals surface area (Å²) in [6, 6.07) is 0. The van der Waals surface area contributed by atoms with Gasteiger partial charge in [-0.1, -0.05) is 6.08 Å². The van der Waals surface area contributed by atoms with Crippen molar-refractivity contribution in [1.82, 2.24) is 0 Å². The van der Waals surface area contributed by atoms with E-state index in [4.69, 9.17) is 14.2 Å². The highest BCUT2D eigenvalue weighted by atomic mass is 16.8. The minimum Gasteiger partial charge on any atom is -0.426 e. The van der Waals surface area contributed by atoms with Crippen LogP contribution >= 0.6 is 0 Å². The third kappa shape index (κ3) is 1.39. The van der Waals surface area contributed by atoms with Crippen LogP contribution in [0.1, 0.15) is 13.3 Å². The first kappa shape index (κ1) is 9.52. The van der Waals surface area contributed by atoms with E-state index in [1.165, 1.54) is 0 Å². The van der Waals surface area contributed by atoms with Crippen molar-refractivity contribution in [1.29, 1.82) is 0 Å². The van der Waals surface area contributed by atoms with Crippen LogP contribution in [0.5, 0.6) is 0 Å². The van der Waals surface area contributed by atoms with Crippen molar-refractivity contribution in [3.05, 3.63) is 12.7 Å². The van der Waals surface area contributed by atoms with Crippen molar-refractivity contribution in [2.24, 2.45) is 5.92 Å². The molecule has 1 heterocycles. The van der Waals surface area contributed by atoms with Crippen LogP contribution in [-0.2, 0) is 14.2 Å². The Morgan fingerprint density at radius 3 is 2.93 bits per heavy atom. The van der Waals surface area contributed by atoms with Crippen LogP contribution in [0.3, 0.4) is 0 Å². The van der Waals surface area contributed by atoms with E-state index in [2.05, 4.69) is 6.58 Å². The molecule has 0 aromatic heterocycles. The average molecular weight is 198 g/mol. The number of carbonyl (C=O) groups excluding carboxylic acids is 1. The van der Waals surface area contributed by atoms with Crippen LogP contribution in [0.4, 0.5) is 4.79 Å². The highest BCUT2D eigenvalue weighted by molar-refractivity contribution is 5.63. The molecular formula is C10H14O4. The maximum Gasteiger partial charge on any atom is 0.509 e. The molecule has 1 aliphatic heterocycles. The van der Waals surface area contributed by atoms with Crippen molar-refractivity contribution in [3.63, 3.8) is 0 Å². The second-order valence-electron chi connectivity index (χ2n) is 3.54. The molecule has 78 valence electrons. The van der Waals surface area contributed by atoms with Crippen molar-refractivity contribution in [2.75, 3.05) is 6.61 Å². The molecule has 1 saturated heterocycles. The molecule has 1 aliphatic carbocycles. The summed E-state index contributed by atoms with van der Waals surface area (Å²) in [6.45, 7) is 6.27. The van der Waals surface area contributed by atoms with Crippen LogP contribution in [0, 0.1) is 5.92 Å². The van der Waals surface area contributed by atoms with Gasteiger partial charge in [-0.2, -0.15) is 0 Å². The van der Waals surface area contributed by atoms with Crippen molar-refractivity contribution in [3.8, 4) is 0 Å². The van der Waals surface area contributed by atoms with Gasteiger partial charge in [0.15, 0.2) is 12.2 Å². The topological polar surface area (TPSA) is 44.8 Å². The van der Waals surface area contributed by atoms with Gasteiger partial charge in [-0.15, -0.1) is 6.58 Å². The van der Waals surface area contributed by atoms with Gasteiger partial charge in [-0.05, 0) is 13.3 Å². The van der Waals surface area contributed by atoms with Gasteiger partial charge in [0.1, 0.15) is 0 Å². The fourth-order valence-corrected chi connectivity index (χ4v) is 2.15. The molecule has 4 heteroatoms. The Morgan fingerprint density at radius 1 is 1.57 bits per heavy atom. The maximum atomic E-state index is 10.9. The Labute approximate surface area is 82.8 Å². The molecular weight excluding hydrogens is 184 g/mol. The van der Waals surface area contributed by atoms with E-state index < -0.39 is 6.16 Å². The lowest BCUT2D eigenvalue weighted by Crippen LogP contribution is -2.29. The van der Waals surface area contributed by atoms with Gasteiger partial charge in [0.25, 0.3) is 0 Å². The van der Waals surface area contributed by atoms with Crippen LogP contribution in [-0.4, -0.2) is 31.1 Å². The Balaban J connectivity index is 2.10. The largest absolute Gasteiger partial charge is 0.509 e. The molecule has 0 radical (unpaired) electrons. The lowest BCUT2D eigenvalue weighted by Gasteiger charge is -2.14. The van der Waals surface area contributed by atoms with Crippen LogP contribution < -0.4 is 0 Å². The van der Waals surface area contributed by atoms with Crippen molar-refractivity contribution < 1.29 is 19.0 Å². The number of fused-ring (bicyclic) bond motifs is 1. The zero-order valence-electron chi connectivity index (χ0n) is 8.14. The van der Waals surface area contributed by atoms with Gasteiger partial charge >= 0.3 is 6.16 Å². The molecule has 1 saturated carbocycles. The van der Waals surface area contributed by atoms with Crippen molar-refractivity contribution in [2.45, 2.75) is 31.7 Å². The Kier molecular flexibility index (Phi) is 2.46. The molecule has 2 rings (SSSR count). The minimum absolute atomic E-state index is 0.0422. The van der Waals surface area contributed by atoms with E-state index in [0.717, 1.165) is 6.42 Å². The van der Waals surface area contributed by atoms with Gasteiger partial charge < -0.3 is 14.2 Å². The molecule has 14 heavy (non-hydrogen) atoms. The van der Waals surface area contributed by atoms with Gasteiger partial charge in [-0.25, -0.2) is 4.79 Å². The van der Waals surface area contributed by atoms with E-state index in [1.807, 2.05) is 6.92 Å². The van der Waals surface area contributed by atoms with E-state index >= 15 is 0 Å². The third-order valence-electron chi connectivity index (χ3n) is 2.76. The van der Waals surface area contributed by atoms with Crippen LogP contribution in [0.2, 0.25) is 0 Å². The summed E-state index contributed by atoms with van der Waals surface area (Å²) in [5.74, 6) is 0.156. The lowest BCUT2D eigenvalue weighted by atomic mass is 10.1. The first-order chi connectivity index (χ1) is 6.76. The van der Waals surface area contributed by atoms with Crippen LogP contribution in [0.15, 0.2) is 12.7 Å². The zero-order chi connectivity index (χ0) is 10.1. The Hall–Kier alpha value is -1.03. The quantitative estimate of drug-likeness (QED) is 0.509. The molecule has 2 fully saturated rings. The summed E-state index contributed by atoms with van der Waals surface area (Å²) in [4.78, 5) is 10.9. The summed E-state index contributed by atoms with van der Waals surface area (Å²) < 4.78 is 15.6. The predicted molar refractivity (Wildman–Crippen MR) is 48.9 cm³/mol. The number of rotatable bonds is 3. The monoisotopic (exact) mass is 198 g/mol. The number of hydrogen-bond acceptors (Lipinski definition) is 4. The highest BCUT2D eigenvalue weighted by Gasteiger charge is 2.52. The molecule has 4 atom stereocenters. The van der Waals surface area contributed by atoms with Crippen molar-refractivity contribution >= 4 is 6.16 Å². The average Bonchev–Trinajstić information content (AvgIpc) is 2.66. The molecule has 0 N–H and O–H groups in total. The molecule has 0 amide bonds. The molecule has 0 aromatic rings. The first-order valence-corrected chi connectivity index (χ1v) is 4.87. The predicted octanol–water partition coefficient (Wildman–Crippen LogP) is 1.50. The number of carbonyl (C=O) groups is 1. The molecule has 2 aliphatic rings. The van der Waals surface area contributed by atoms with Gasteiger partial charge in [0.2, 0.25) is 0 Å². The summed E-state index contributed by atoms with van der Waals surface area (Å²) in [5.41, 5.74) is 0. The van der Waals surface area contributed by atoms with E-state index in [1.54, 1.807) is 6.08 Å². The highest BCUT2D eigenvalue weighted by Crippen LogP contribution is 2.37. The molecule has 4 nitrogen and oxygen atoms in total. The molecule has 0 bridgehead atoms. The van der Waals surface area contributed by atoms with E-state index in [9.17, 15) is 4.79 Å². The smallest absolute Gasteiger partial charge is 0.426 e. The minimum atomic E-state index is -0.587. The fourth-order valence-electron chi connectivity index (χ4n) is 2.15. The number of ether oxygens (including phenoxy) is 3. The SMILES string of the molecule is C=C[C@@H]1C[C@H](OCC)[C@H]2OC(=O)O[C@H]21. The summed E-state index contributed by atoms with van der Waals surface area (Å²) in [6.07, 6.45) is 1.55. The Morgan fingerprint density at radius 2 is 2.29 bits per heavy atom. The maximum absolute atomic E-state index is 10.9. The molecule has 0 spiro atoms. The summed E-state index contributed by atoms with van der Waals surface area (Å²) in [5, 5.41) is 0. The second-order valence-corrected chi connectivity index (χ2v) is 3.54. The fraction of sp³-hybridized carbons (Fsp3) is 0.700. The van der Waals surface area contributed by atoms with Gasteiger partial charge in [0, 0.05) is 12.5 Å². The molecule has 0 aromatic carbocycles. The van der Waals surface area contributed by atoms with Gasteiger partial charge in [-0.3, -0.25) is 0 Å². The molecule has 0 unspecified atom stereocenters.